The molecule has 1 aromatic carbocycles. The molecule has 0 amide bonds. The van der Waals surface area contributed by atoms with E-state index in [-0.39, 0.29) is 5.82 Å². The van der Waals surface area contributed by atoms with Gasteiger partial charge in [-0.15, -0.1) is 0 Å². The molecule has 0 saturated carbocycles. The molecule has 1 aliphatic heterocycles. The average Bonchev–Trinajstić information content (AvgIpc) is 3.02. The third-order valence-electron chi connectivity index (χ3n) is 3.38. The summed E-state index contributed by atoms with van der Waals surface area (Å²) in [6.07, 6.45) is 7.16. The van der Waals surface area contributed by atoms with E-state index in [0.29, 0.717) is 11.7 Å². The first-order valence-corrected chi connectivity index (χ1v) is 6.35. The van der Waals surface area contributed by atoms with Crippen LogP contribution in [0.15, 0.2) is 36.7 Å². The van der Waals surface area contributed by atoms with Crippen molar-refractivity contribution in [1.29, 1.82) is 0 Å². The van der Waals surface area contributed by atoms with Crippen molar-refractivity contribution in [2.24, 2.45) is 0 Å². The fraction of sp³-hybridized carbons (Fsp3) is 0.357. The van der Waals surface area contributed by atoms with Crippen LogP contribution in [-0.4, -0.2) is 22.4 Å². The van der Waals surface area contributed by atoms with Gasteiger partial charge in [0.15, 0.2) is 0 Å². The topological polar surface area (TPSA) is 29.9 Å². The molecule has 94 valence electrons. The lowest BCUT2D eigenvalue weighted by molar-refractivity contribution is 0.602. The number of rotatable bonds is 3. The molecular weight excluding hydrogens is 229 g/mol. The maximum atomic E-state index is 13.6. The van der Waals surface area contributed by atoms with Crippen molar-refractivity contribution in [3.8, 4) is 5.69 Å². The summed E-state index contributed by atoms with van der Waals surface area (Å²) in [7, 11) is 0. The number of hydrogen-bond acceptors (Lipinski definition) is 2. The summed E-state index contributed by atoms with van der Waals surface area (Å²) < 4.78 is 15.2. The fourth-order valence-corrected chi connectivity index (χ4v) is 2.45. The molecule has 3 rings (SSSR count). The highest BCUT2D eigenvalue weighted by Gasteiger charge is 2.15. The van der Waals surface area contributed by atoms with Crippen LogP contribution >= 0.6 is 0 Å². The quantitative estimate of drug-likeness (QED) is 0.899. The number of nitrogens with zero attached hydrogens (tertiary/aromatic N) is 2. The summed E-state index contributed by atoms with van der Waals surface area (Å²) in [6, 6.07) is 7.24. The molecule has 0 radical (unpaired) electrons. The van der Waals surface area contributed by atoms with Gasteiger partial charge in [0.25, 0.3) is 0 Å². The van der Waals surface area contributed by atoms with Crippen molar-refractivity contribution < 1.29 is 4.39 Å². The summed E-state index contributed by atoms with van der Waals surface area (Å²) in [5, 5.41) is 7.69. The molecule has 4 heteroatoms. The summed E-state index contributed by atoms with van der Waals surface area (Å²) in [5.41, 5.74) is 1.65. The maximum absolute atomic E-state index is 13.6. The Bertz CT molecular complexity index is 529. The van der Waals surface area contributed by atoms with E-state index in [1.165, 1.54) is 18.9 Å². The molecule has 0 spiro atoms. The Morgan fingerprint density at radius 2 is 2.28 bits per heavy atom. The van der Waals surface area contributed by atoms with Crippen LogP contribution in [0.4, 0.5) is 4.39 Å². The second-order valence-corrected chi connectivity index (χ2v) is 4.74. The Balaban J connectivity index is 1.79. The third kappa shape index (κ3) is 2.29. The molecule has 0 aliphatic carbocycles. The minimum atomic E-state index is -0.244. The lowest BCUT2D eigenvalue weighted by Crippen LogP contribution is -2.23. The Morgan fingerprint density at radius 3 is 3.06 bits per heavy atom. The van der Waals surface area contributed by atoms with Crippen LogP contribution in [0.2, 0.25) is 0 Å². The minimum absolute atomic E-state index is 0.244. The van der Waals surface area contributed by atoms with Gasteiger partial charge < -0.3 is 5.32 Å². The van der Waals surface area contributed by atoms with Crippen molar-refractivity contribution in [2.75, 3.05) is 6.54 Å². The van der Waals surface area contributed by atoms with Crippen LogP contribution in [-0.2, 0) is 6.42 Å². The molecule has 2 aromatic rings. The van der Waals surface area contributed by atoms with Crippen molar-refractivity contribution in [2.45, 2.75) is 25.3 Å². The van der Waals surface area contributed by atoms with E-state index in [1.807, 2.05) is 18.5 Å². The van der Waals surface area contributed by atoms with Crippen LogP contribution in [0, 0.1) is 5.82 Å². The summed E-state index contributed by atoms with van der Waals surface area (Å²) in [5.74, 6) is -0.244. The average molecular weight is 245 g/mol. The molecule has 1 aromatic heterocycles. The molecule has 18 heavy (non-hydrogen) atoms. The van der Waals surface area contributed by atoms with Gasteiger partial charge in [-0.05, 0) is 43.5 Å². The SMILES string of the molecule is Fc1ccccc1-n1cc(CC2CCCN2)cn1. The third-order valence-corrected chi connectivity index (χ3v) is 3.38. The highest BCUT2D eigenvalue weighted by atomic mass is 19.1. The fourth-order valence-electron chi connectivity index (χ4n) is 2.45. The Labute approximate surface area is 106 Å². The summed E-state index contributed by atoms with van der Waals surface area (Å²) in [6.45, 7) is 1.10. The standard InChI is InChI=1S/C14H16FN3/c15-13-5-1-2-6-14(13)18-10-11(9-17-18)8-12-4-3-7-16-12/h1-2,5-6,9-10,12,16H,3-4,7-8H2. The predicted octanol–water partition coefficient (Wildman–Crippen LogP) is 2.31. The first-order chi connectivity index (χ1) is 8.83. The summed E-state index contributed by atoms with van der Waals surface area (Å²) >= 11 is 0. The van der Waals surface area contributed by atoms with E-state index < -0.39 is 0 Å². The molecule has 1 N–H and O–H groups in total. The second-order valence-electron chi connectivity index (χ2n) is 4.74. The maximum Gasteiger partial charge on any atom is 0.148 e. The molecule has 2 heterocycles. The number of benzene rings is 1. The number of aromatic nitrogens is 2. The van der Waals surface area contributed by atoms with Crippen molar-refractivity contribution >= 4 is 0 Å². The zero-order chi connectivity index (χ0) is 12.4. The molecule has 1 fully saturated rings. The molecular formula is C14H16FN3. The highest BCUT2D eigenvalue weighted by molar-refractivity contribution is 5.33. The normalized spacial score (nSPS) is 19.3. The van der Waals surface area contributed by atoms with Gasteiger partial charge in [0, 0.05) is 12.2 Å². The van der Waals surface area contributed by atoms with Crippen molar-refractivity contribution in [3.63, 3.8) is 0 Å². The van der Waals surface area contributed by atoms with E-state index in [4.69, 9.17) is 0 Å². The van der Waals surface area contributed by atoms with Crippen molar-refractivity contribution in [3.05, 3.63) is 48.0 Å². The number of hydrogen-bond donors (Lipinski definition) is 1. The Morgan fingerprint density at radius 1 is 1.39 bits per heavy atom. The largest absolute Gasteiger partial charge is 0.314 e. The zero-order valence-corrected chi connectivity index (χ0v) is 10.1. The molecule has 1 atom stereocenters. The summed E-state index contributed by atoms with van der Waals surface area (Å²) in [4.78, 5) is 0. The Hall–Kier alpha value is -1.68. The van der Waals surface area contributed by atoms with Gasteiger partial charge in [-0.3, -0.25) is 0 Å². The molecule has 1 aliphatic rings. The zero-order valence-electron chi connectivity index (χ0n) is 10.1. The minimum Gasteiger partial charge on any atom is -0.314 e. The number of nitrogens with one attached hydrogen (secondary N) is 1. The van der Waals surface area contributed by atoms with E-state index in [2.05, 4.69) is 10.4 Å². The predicted molar refractivity (Wildman–Crippen MR) is 68.3 cm³/mol. The number of halogens is 1. The molecule has 0 bridgehead atoms. The van der Waals surface area contributed by atoms with Gasteiger partial charge >= 0.3 is 0 Å². The molecule has 1 unspecified atom stereocenters. The lowest BCUT2D eigenvalue weighted by atomic mass is 10.1. The van der Waals surface area contributed by atoms with Gasteiger partial charge in [0.2, 0.25) is 0 Å². The Kier molecular flexibility index (Phi) is 3.11. The van der Waals surface area contributed by atoms with Gasteiger partial charge in [-0.25, -0.2) is 9.07 Å². The van der Waals surface area contributed by atoms with Crippen LogP contribution in [0.3, 0.4) is 0 Å². The van der Waals surface area contributed by atoms with Crippen molar-refractivity contribution in [1.82, 2.24) is 15.1 Å². The van der Waals surface area contributed by atoms with Gasteiger partial charge in [0.05, 0.1) is 6.20 Å². The van der Waals surface area contributed by atoms with E-state index in [0.717, 1.165) is 18.5 Å². The van der Waals surface area contributed by atoms with E-state index in [9.17, 15) is 4.39 Å². The second kappa shape index (κ2) is 4.90. The van der Waals surface area contributed by atoms with Gasteiger partial charge in [-0.1, -0.05) is 12.1 Å². The smallest absolute Gasteiger partial charge is 0.148 e. The van der Waals surface area contributed by atoms with Crippen LogP contribution in [0.1, 0.15) is 18.4 Å². The van der Waals surface area contributed by atoms with Crippen LogP contribution < -0.4 is 5.32 Å². The van der Waals surface area contributed by atoms with Crippen LogP contribution in [0.5, 0.6) is 0 Å². The number of para-hydroxylation sites is 1. The highest BCUT2D eigenvalue weighted by Crippen LogP contribution is 2.15. The van der Waals surface area contributed by atoms with E-state index >= 15 is 0 Å². The van der Waals surface area contributed by atoms with E-state index in [1.54, 1.807) is 16.8 Å². The first-order valence-electron chi connectivity index (χ1n) is 6.35. The van der Waals surface area contributed by atoms with Gasteiger partial charge in [-0.2, -0.15) is 5.10 Å². The lowest BCUT2D eigenvalue weighted by Gasteiger charge is -2.07. The molecule has 3 nitrogen and oxygen atoms in total. The van der Waals surface area contributed by atoms with Crippen LogP contribution in [0.25, 0.3) is 5.69 Å². The first kappa shape index (κ1) is 11.4. The molecule has 1 saturated heterocycles. The van der Waals surface area contributed by atoms with Gasteiger partial charge in [0.1, 0.15) is 11.5 Å². The monoisotopic (exact) mass is 245 g/mol.